The molecule has 30 heavy (non-hydrogen) atoms. The molecule has 1 aromatic rings. The molecule has 0 aromatic heterocycles. The van der Waals surface area contributed by atoms with E-state index in [-0.39, 0.29) is 30.6 Å². The second-order valence-corrected chi connectivity index (χ2v) is 8.72. The van der Waals surface area contributed by atoms with Crippen LogP contribution in [0.4, 0.5) is 5.69 Å². The number of hydrogen-bond acceptors (Lipinski definition) is 5. The maximum atomic E-state index is 12.7. The molecule has 0 radical (unpaired) electrons. The summed E-state index contributed by atoms with van der Waals surface area (Å²) < 4.78 is 0. The van der Waals surface area contributed by atoms with Gasteiger partial charge in [-0.3, -0.25) is 19.3 Å². The summed E-state index contributed by atoms with van der Waals surface area (Å²) in [6.45, 7) is 9.14. The van der Waals surface area contributed by atoms with Gasteiger partial charge in [-0.1, -0.05) is 12.1 Å². The Bertz CT molecular complexity index is 761. The fourth-order valence-corrected chi connectivity index (χ4v) is 4.95. The van der Waals surface area contributed by atoms with Crippen LogP contribution in [-0.2, 0) is 14.4 Å². The van der Waals surface area contributed by atoms with Gasteiger partial charge in [0.05, 0.1) is 12.2 Å². The SMILES string of the molecule is CCN(CC)C(=O)CN1CCN(C(=O)CCC(=O)N2CCSc3ccccc32)CC1. The smallest absolute Gasteiger partial charge is 0.236 e. The van der Waals surface area contributed by atoms with Crippen molar-refractivity contribution in [1.29, 1.82) is 0 Å². The number of nitrogens with zero attached hydrogens (tertiary/aromatic N) is 4. The highest BCUT2D eigenvalue weighted by Gasteiger charge is 2.26. The lowest BCUT2D eigenvalue weighted by molar-refractivity contribution is -0.136. The van der Waals surface area contributed by atoms with Crippen molar-refractivity contribution in [2.45, 2.75) is 31.6 Å². The first-order valence-corrected chi connectivity index (χ1v) is 11.8. The predicted molar refractivity (Wildman–Crippen MR) is 120 cm³/mol. The third kappa shape index (κ3) is 5.55. The molecule has 0 N–H and O–H groups in total. The monoisotopic (exact) mass is 432 g/mol. The number of carbonyl (C=O) groups is 3. The number of hydrogen-bond donors (Lipinski definition) is 0. The predicted octanol–water partition coefficient (Wildman–Crippen LogP) is 1.92. The summed E-state index contributed by atoms with van der Waals surface area (Å²) in [5, 5.41) is 0. The number of amides is 3. The topological polar surface area (TPSA) is 64.2 Å². The van der Waals surface area contributed by atoms with Crippen LogP contribution < -0.4 is 4.90 Å². The number of fused-ring (bicyclic) bond motifs is 1. The lowest BCUT2D eigenvalue weighted by atomic mass is 10.2. The average Bonchev–Trinajstić information content (AvgIpc) is 2.78. The molecule has 1 fully saturated rings. The third-order valence-corrected chi connectivity index (χ3v) is 6.83. The van der Waals surface area contributed by atoms with E-state index < -0.39 is 0 Å². The van der Waals surface area contributed by atoms with Crippen LogP contribution in [0.25, 0.3) is 0 Å². The second kappa shape index (κ2) is 10.8. The Morgan fingerprint density at radius 2 is 1.60 bits per heavy atom. The van der Waals surface area contributed by atoms with Crippen LogP contribution in [0.15, 0.2) is 29.2 Å². The van der Waals surface area contributed by atoms with Gasteiger partial charge in [-0.05, 0) is 26.0 Å². The lowest BCUT2D eigenvalue weighted by Gasteiger charge is -2.35. The molecule has 0 bridgehead atoms. The minimum atomic E-state index is 0.0135. The number of rotatable bonds is 7. The maximum absolute atomic E-state index is 12.7. The van der Waals surface area contributed by atoms with E-state index in [9.17, 15) is 14.4 Å². The zero-order valence-corrected chi connectivity index (χ0v) is 18.8. The van der Waals surface area contributed by atoms with Gasteiger partial charge >= 0.3 is 0 Å². The molecule has 7 nitrogen and oxygen atoms in total. The quantitative estimate of drug-likeness (QED) is 0.659. The van der Waals surface area contributed by atoms with Crippen LogP contribution in [0.3, 0.4) is 0 Å². The normalized spacial score (nSPS) is 16.9. The highest BCUT2D eigenvalue weighted by atomic mass is 32.2. The molecule has 2 aliphatic heterocycles. The van der Waals surface area contributed by atoms with Crippen molar-refractivity contribution >= 4 is 35.2 Å². The summed E-state index contributed by atoms with van der Waals surface area (Å²) in [6, 6.07) is 7.94. The summed E-state index contributed by atoms with van der Waals surface area (Å²) in [6.07, 6.45) is 0.474. The van der Waals surface area contributed by atoms with Crippen LogP contribution in [0.1, 0.15) is 26.7 Å². The molecule has 0 atom stereocenters. The maximum Gasteiger partial charge on any atom is 0.236 e. The summed E-state index contributed by atoms with van der Waals surface area (Å²) >= 11 is 1.77. The number of benzene rings is 1. The molecule has 2 heterocycles. The Labute approximate surface area is 183 Å². The summed E-state index contributed by atoms with van der Waals surface area (Å²) in [7, 11) is 0. The molecule has 0 aliphatic carbocycles. The molecule has 0 saturated carbocycles. The third-order valence-electron chi connectivity index (χ3n) is 5.78. The van der Waals surface area contributed by atoms with E-state index in [1.165, 1.54) is 0 Å². The first kappa shape index (κ1) is 22.6. The molecule has 3 rings (SSSR count). The molecular formula is C22H32N4O3S. The van der Waals surface area contributed by atoms with Gasteiger partial charge in [-0.15, -0.1) is 11.8 Å². The van der Waals surface area contributed by atoms with Crippen LogP contribution >= 0.6 is 11.8 Å². The van der Waals surface area contributed by atoms with Crippen LogP contribution in [0, 0.1) is 0 Å². The molecule has 164 valence electrons. The van der Waals surface area contributed by atoms with Crippen molar-refractivity contribution in [2.75, 3.05) is 63.0 Å². The number of likely N-dealkylation sites (N-methyl/N-ethyl adjacent to an activating group) is 1. The van der Waals surface area contributed by atoms with Crippen molar-refractivity contribution in [3.63, 3.8) is 0 Å². The molecule has 3 amide bonds. The molecule has 1 aromatic carbocycles. The number of piperazine rings is 1. The van der Waals surface area contributed by atoms with Gasteiger partial charge in [0.1, 0.15) is 0 Å². The molecule has 2 aliphatic rings. The fourth-order valence-electron chi connectivity index (χ4n) is 3.96. The first-order valence-electron chi connectivity index (χ1n) is 10.8. The van der Waals surface area contributed by atoms with Crippen molar-refractivity contribution in [2.24, 2.45) is 0 Å². The van der Waals surface area contributed by atoms with Gasteiger partial charge < -0.3 is 14.7 Å². The van der Waals surface area contributed by atoms with Gasteiger partial charge in [0, 0.05) is 69.3 Å². The fraction of sp³-hybridized carbons (Fsp3) is 0.591. The molecule has 1 saturated heterocycles. The van der Waals surface area contributed by atoms with E-state index in [1.807, 2.05) is 52.8 Å². The van der Waals surface area contributed by atoms with E-state index in [0.717, 1.165) is 29.4 Å². The van der Waals surface area contributed by atoms with Gasteiger partial charge in [0.25, 0.3) is 0 Å². The number of thioether (sulfide) groups is 1. The standard InChI is InChI=1S/C22H32N4O3S/c1-3-24(4-2)22(29)17-23-11-13-25(14-12-23)20(27)9-10-21(28)26-15-16-30-19-8-6-5-7-18(19)26/h5-8H,3-4,9-17H2,1-2H3. The summed E-state index contributed by atoms with van der Waals surface area (Å²) in [4.78, 5) is 46.3. The van der Waals surface area contributed by atoms with E-state index in [1.54, 1.807) is 11.8 Å². The van der Waals surface area contributed by atoms with Crippen molar-refractivity contribution in [3.05, 3.63) is 24.3 Å². The first-order chi connectivity index (χ1) is 14.5. The Kier molecular flexibility index (Phi) is 8.16. The Morgan fingerprint density at radius 1 is 0.933 bits per heavy atom. The number of anilines is 1. The van der Waals surface area contributed by atoms with E-state index in [2.05, 4.69) is 4.90 Å². The van der Waals surface area contributed by atoms with Gasteiger partial charge in [0.2, 0.25) is 17.7 Å². The minimum absolute atomic E-state index is 0.0135. The van der Waals surface area contributed by atoms with Gasteiger partial charge in [0.15, 0.2) is 0 Å². The second-order valence-electron chi connectivity index (χ2n) is 7.58. The van der Waals surface area contributed by atoms with Crippen LogP contribution in [0.5, 0.6) is 0 Å². The zero-order valence-electron chi connectivity index (χ0n) is 18.0. The van der Waals surface area contributed by atoms with Gasteiger partial charge in [-0.2, -0.15) is 0 Å². The van der Waals surface area contributed by atoms with E-state index in [0.29, 0.717) is 39.3 Å². The number of para-hydroxylation sites is 1. The van der Waals surface area contributed by atoms with E-state index in [4.69, 9.17) is 0 Å². The minimum Gasteiger partial charge on any atom is -0.342 e. The summed E-state index contributed by atoms with van der Waals surface area (Å²) in [5.41, 5.74) is 0.956. The number of carbonyl (C=O) groups excluding carboxylic acids is 3. The lowest BCUT2D eigenvalue weighted by Crippen LogP contribution is -2.51. The van der Waals surface area contributed by atoms with Gasteiger partial charge in [-0.25, -0.2) is 0 Å². The van der Waals surface area contributed by atoms with Crippen LogP contribution in [-0.4, -0.2) is 90.5 Å². The Hall–Kier alpha value is -2.06. The van der Waals surface area contributed by atoms with Crippen LogP contribution in [0.2, 0.25) is 0 Å². The zero-order chi connectivity index (χ0) is 21.5. The Morgan fingerprint density at radius 3 is 2.30 bits per heavy atom. The van der Waals surface area contributed by atoms with Crippen molar-refractivity contribution in [1.82, 2.24) is 14.7 Å². The van der Waals surface area contributed by atoms with Crippen molar-refractivity contribution in [3.8, 4) is 0 Å². The summed E-state index contributed by atoms with van der Waals surface area (Å²) in [5.74, 6) is 1.06. The molecule has 0 unspecified atom stereocenters. The molecular weight excluding hydrogens is 400 g/mol. The van der Waals surface area contributed by atoms with Crippen molar-refractivity contribution < 1.29 is 14.4 Å². The Balaban J connectivity index is 1.43. The highest BCUT2D eigenvalue weighted by Crippen LogP contribution is 2.34. The largest absolute Gasteiger partial charge is 0.342 e. The molecule has 0 spiro atoms. The van der Waals surface area contributed by atoms with E-state index >= 15 is 0 Å². The average molecular weight is 433 g/mol. The molecule has 8 heteroatoms. The highest BCUT2D eigenvalue weighted by molar-refractivity contribution is 7.99.